The normalized spacial score (nSPS) is 36.8. The fourth-order valence-electron chi connectivity index (χ4n) is 2.74. The van der Waals surface area contributed by atoms with Gasteiger partial charge in [-0.25, -0.2) is 0 Å². The third-order valence-electron chi connectivity index (χ3n) is 3.41. The summed E-state index contributed by atoms with van der Waals surface area (Å²) in [5, 5.41) is 0. The van der Waals surface area contributed by atoms with Gasteiger partial charge in [-0.1, -0.05) is 32.9 Å². The lowest BCUT2D eigenvalue weighted by Gasteiger charge is -2.15. The SMILES string of the molecule is C=C[C@@H]1C(=O)/C(=C/C(C)(C)C)C2COCC21. The molecular formula is C14H20O2. The van der Waals surface area contributed by atoms with E-state index in [0.717, 1.165) is 5.57 Å². The summed E-state index contributed by atoms with van der Waals surface area (Å²) in [4.78, 5) is 12.2. The van der Waals surface area contributed by atoms with Crippen molar-refractivity contribution < 1.29 is 9.53 Å². The van der Waals surface area contributed by atoms with E-state index in [1.807, 2.05) is 0 Å². The monoisotopic (exact) mass is 220 g/mol. The van der Waals surface area contributed by atoms with Crippen molar-refractivity contribution >= 4 is 5.78 Å². The Labute approximate surface area is 97.4 Å². The van der Waals surface area contributed by atoms with Gasteiger partial charge in [0.15, 0.2) is 5.78 Å². The van der Waals surface area contributed by atoms with Crippen LogP contribution >= 0.6 is 0 Å². The molecule has 0 spiro atoms. The number of rotatable bonds is 1. The molecular weight excluding hydrogens is 200 g/mol. The van der Waals surface area contributed by atoms with E-state index in [1.165, 1.54) is 0 Å². The Morgan fingerprint density at radius 1 is 1.38 bits per heavy atom. The summed E-state index contributed by atoms with van der Waals surface area (Å²) in [6, 6.07) is 0. The van der Waals surface area contributed by atoms with E-state index < -0.39 is 0 Å². The van der Waals surface area contributed by atoms with Gasteiger partial charge in [-0.05, 0) is 11.0 Å². The molecule has 88 valence electrons. The van der Waals surface area contributed by atoms with Crippen LogP contribution in [0.4, 0.5) is 0 Å². The van der Waals surface area contributed by atoms with E-state index in [-0.39, 0.29) is 17.1 Å². The molecule has 0 aromatic heterocycles. The minimum Gasteiger partial charge on any atom is -0.380 e. The lowest BCUT2D eigenvalue weighted by Crippen LogP contribution is -2.14. The molecule has 1 saturated carbocycles. The van der Waals surface area contributed by atoms with E-state index in [0.29, 0.717) is 25.0 Å². The van der Waals surface area contributed by atoms with Crippen molar-refractivity contribution in [2.75, 3.05) is 13.2 Å². The van der Waals surface area contributed by atoms with Crippen LogP contribution in [0.15, 0.2) is 24.3 Å². The summed E-state index contributed by atoms with van der Waals surface area (Å²) in [6.45, 7) is 11.6. The van der Waals surface area contributed by atoms with E-state index in [2.05, 4.69) is 33.4 Å². The number of carbonyl (C=O) groups is 1. The zero-order chi connectivity index (χ0) is 11.9. The van der Waals surface area contributed by atoms with Crippen LogP contribution in [0.25, 0.3) is 0 Å². The second kappa shape index (κ2) is 3.85. The van der Waals surface area contributed by atoms with Crippen LogP contribution in [0.3, 0.4) is 0 Å². The fraction of sp³-hybridized carbons (Fsp3) is 0.643. The molecule has 0 amide bonds. The van der Waals surface area contributed by atoms with Gasteiger partial charge in [0.2, 0.25) is 0 Å². The molecule has 1 saturated heterocycles. The number of allylic oxidation sites excluding steroid dienone is 2. The van der Waals surface area contributed by atoms with Gasteiger partial charge in [0.05, 0.1) is 13.2 Å². The average Bonchev–Trinajstić information content (AvgIpc) is 2.69. The minimum absolute atomic E-state index is 0.0268. The maximum Gasteiger partial charge on any atom is 0.166 e. The maximum atomic E-state index is 12.2. The molecule has 2 unspecified atom stereocenters. The summed E-state index contributed by atoms with van der Waals surface area (Å²) < 4.78 is 5.50. The first-order valence-electron chi connectivity index (χ1n) is 5.91. The number of hydrogen-bond acceptors (Lipinski definition) is 2. The Kier molecular flexibility index (Phi) is 2.79. The predicted octanol–water partition coefficient (Wildman–Crippen LogP) is 2.61. The Hall–Kier alpha value is -0.890. The first-order chi connectivity index (χ1) is 7.44. The van der Waals surface area contributed by atoms with Gasteiger partial charge in [-0.3, -0.25) is 4.79 Å². The second-order valence-corrected chi connectivity index (χ2v) is 5.90. The first-order valence-corrected chi connectivity index (χ1v) is 5.91. The van der Waals surface area contributed by atoms with E-state index in [4.69, 9.17) is 4.74 Å². The fourth-order valence-corrected chi connectivity index (χ4v) is 2.74. The van der Waals surface area contributed by atoms with Crippen molar-refractivity contribution in [3.05, 3.63) is 24.3 Å². The zero-order valence-electron chi connectivity index (χ0n) is 10.3. The van der Waals surface area contributed by atoms with Crippen molar-refractivity contribution in [1.29, 1.82) is 0 Å². The molecule has 1 aliphatic heterocycles. The Morgan fingerprint density at radius 2 is 2.06 bits per heavy atom. The van der Waals surface area contributed by atoms with E-state index in [9.17, 15) is 4.79 Å². The quantitative estimate of drug-likeness (QED) is 0.501. The van der Waals surface area contributed by atoms with Crippen LogP contribution in [-0.4, -0.2) is 19.0 Å². The van der Waals surface area contributed by atoms with Crippen molar-refractivity contribution in [3.8, 4) is 0 Å². The second-order valence-electron chi connectivity index (χ2n) is 5.90. The van der Waals surface area contributed by atoms with Gasteiger partial charge in [0.25, 0.3) is 0 Å². The number of ether oxygens (including phenoxy) is 1. The summed E-state index contributed by atoms with van der Waals surface area (Å²) in [7, 11) is 0. The number of hydrogen-bond donors (Lipinski definition) is 0. The highest BCUT2D eigenvalue weighted by atomic mass is 16.5. The lowest BCUT2D eigenvalue weighted by molar-refractivity contribution is -0.117. The predicted molar refractivity (Wildman–Crippen MR) is 64.0 cm³/mol. The number of ketones is 1. The third kappa shape index (κ3) is 1.86. The molecule has 0 N–H and O–H groups in total. The van der Waals surface area contributed by atoms with Crippen LogP contribution in [0.2, 0.25) is 0 Å². The third-order valence-corrected chi connectivity index (χ3v) is 3.41. The molecule has 2 heteroatoms. The van der Waals surface area contributed by atoms with E-state index >= 15 is 0 Å². The summed E-state index contributed by atoms with van der Waals surface area (Å²) in [6.07, 6.45) is 3.91. The molecule has 2 rings (SSSR count). The molecule has 1 heterocycles. The lowest BCUT2D eigenvalue weighted by atomic mass is 9.88. The van der Waals surface area contributed by atoms with Crippen LogP contribution < -0.4 is 0 Å². The molecule has 1 aliphatic carbocycles. The van der Waals surface area contributed by atoms with Crippen molar-refractivity contribution in [1.82, 2.24) is 0 Å². The highest BCUT2D eigenvalue weighted by Crippen LogP contribution is 2.44. The summed E-state index contributed by atoms with van der Waals surface area (Å²) >= 11 is 0. The highest BCUT2D eigenvalue weighted by molar-refractivity contribution is 6.01. The van der Waals surface area contributed by atoms with Gasteiger partial charge in [0.1, 0.15) is 0 Å². The minimum atomic E-state index is -0.0268. The topological polar surface area (TPSA) is 26.3 Å². The standard InChI is InChI=1S/C14H20O2/c1-5-9-11-7-16-8-12(11)10(13(9)15)6-14(2,3)4/h5-6,9,11-12H,1,7-8H2,2-4H3/b10-6+/t9-,11?,12?/m0/s1. The van der Waals surface area contributed by atoms with Gasteiger partial charge < -0.3 is 4.74 Å². The zero-order valence-corrected chi connectivity index (χ0v) is 10.3. The van der Waals surface area contributed by atoms with Crippen LogP contribution in [0, 0.1) is 23.2 Å². The van der Waals surface area contributed by atoms with Crippen molar-refractivity contribution in [2.45, 2.75) is 20.8 Å². The Bertz CT molecular complexity index is 346. The molecule has 0 bridgehead atoms. The number of carbonyl (C=O) groups excluding carboxylic acids is 1. The smallest absolute Gasteiger partial charge is 0.166 e. The van der Waals surface area contributed by atoms with Gasteiger partial charge in [0, 0.05) is 17.8 Å². The molecule has 0 radical (unpaired) electrons. The summed E-state index contributed by atoms with van der Waals surface area (Å²) in [5.41, 5.74) is 1.02. The molecule has 2 aliphatic rings. The average molecular weight is 220 g/mol. The Balaban J connectivity index is 2.36. The van der Waals surface area contributed by atoms with Gasteiger partial charge in [-0.15, -0.1) is 6.58 Å². The largest absolute Gasteiger partial charge is 0.380 e. The van der Waals surface area contributed by atoms with Crippen molar-refractivity contribution in [3.63, 3.8) is 0 Å². The van der Waals surface area contributed by atoms with E-state index in [1.54, 1.807) is 6.08 Å². The Morgan fingerprint density at radius 3 is 2.62 bits per heavy atom. The molecule has 0 aromatic carbocycles. The maximum absolute atomic E-state index is 12.2. The molecule has 16 heavy (non-hydrogen) atoms. The summed E-state index contributed by atoms with van der Waals surface area (Å²) in [5.74, 6) is 0.873. The number of Topliss-reactive ketones (excluding diaryl/α,β-unsaturated/α-hetero) is 1. The van der Waals surface area contributed by atoms with Crippen LogP contribution in [-0.2, 0) is 9.53 Å². The molecule has 2 nitrogen and oxygen atoms in total. The van der Waals surface area contributed by atoms with Crippen LogP contribution in [0.1, 0.15) is 20.8 Å². The molecule has 3 atom stereocenters. The van der Waals surface area contributed by atoms with Crippen LogP contribution in [0.5, 0.6) is 0 Å². The molecule has 0 aromatic rings. The highest BCUT2D eigenvalue weighted by Gasteiger charge is 2.48. The van der Waals surface area contributed by atoms with Gasteiger partial charge >= 0.3 is 0 Å². The van der Waals surface area contributed by atoms with Gasteiger partial charge in [-0.2, -0.15) is 0 Å². The first kappa shape index (κ1) is 11.6. The number of fused-ring (bicyclic) bond motifs is 1. The molecule has 2 fully saturated rings. The van der Waals surface area contributed by atoms with Crippen molar-refractivity contribution in [2.24, 2.45) is 23.2 Å².